The van der Waals surface area contributed by atoms with Gasteiger partial charge in [0.2, 0.25) is 5.13 Å². The summed E-state index contributed by atoms with van der Waals surface area (Å²) in [6.45, 7) is 3.92. The number of carbonyl (C=O) groups is 1. The quantitative estimate of drug-likeness (QED) is 0.686. The molecule has 0 saturated carbocycles. The Hall–Kier alpha value is -2.28. The number of aryl methyl sites for hydroxylation is 2. The summed E-state index contributed by atoms with van der Waals surface area (Å²) in [5.74, 6) is 0.539. The van der Waals surface area contributed by atoms with Crippen molar-refractivity contribution >= 4 is 17.6 Å². The molecule has 0 aliphatic carbocycles. The Morgan fingerprint density at radius 3 is 2.84 bits per heavy atom. The number of carbonyl (C=O) groups excluding carboxylic acids is 1. The first-order valence-corrected chi connectivity index (χ1v) is 6.41. The third-order valence-corrected chi connectivity index (χ3v) is 3.81. The largest absolute Gasteiger partial charge is 0.463 e. The highest BCUT2D eigenvalue weighted by Crippen LogP contribution is 2.27. The fourth-order valence-corrected chi connectivity index (χ4v) is 2.56. The molecule has 0 N–H and O–H groups in total. The summed E-state index contributed by atoms with van der Waals surface area (Å²) in [6.07, 6.45) is 2.20. The molecule has 7 heteroatoms. The molecule has 3 aromatic heterocycles. The second-order valence-corrected chi connectivity index (χ2v) is 5.15. The second-order valence-electron chi connectivity index (χ2n) is 3.97. The number of hydrogen-bond acceptors (Lipinski definition) is 6. The minimum atomic E-state index is 0.237. The average molecular weight is 274 g/mol. The maximum Gasteiger partial charge on any atom is 0.212 e. The van der Waals surface area contributed by atoms with Gasteiger partial charge in [-0.25, -0.2) is 4.98 Å². The van der Waals surface area contributed by atoms with Gasteiger partial charge in [-0.3, -0.25) is 4.79 Å². The van der Waals surface area contributed by atoms with E-state index < -0.39 is 0 Å². The molecule has 0 unspecified atom stereocenters. The van der Waals surface area contributed by atoms with Crippen molar-refractivity contribution in [1.82, 2.24) is 20.0 Å². The van der Waals surface area contributed by atoms with Gasteiger partial charge in [-0.05, 0) is 26.0 Å². The van der Waals surface area contributed by atoms with Crippen molar-refractivity contribution in [1.29, 1.82) is 0 Å². The predicted molar refractivity (Wildman–Crippen MR) is 69.6 cm³/mol. The molecule has 0 spiro atoms. The van der Waals surface area contributed by atoms with Gasteiger partial charge >= 0.3 is 0 Å². The van der Waals surface area contributed by atoms with Gasteiger partial charge < -0.3 is 4.42 Å². The molecule has 6 nitrogen and oxygen atoms in total. The van der Waals surface area contributed by atoms with E-state index in [-0.39, 0.29) is 5.69 Å². The molecule has 3 aromatic rings. The number of aldehydes is 1. The zero-order valence-electron chi connectivity index (χ0n) is 10.3. The van der Waals surface area contributed by atoms with Crippen molar-refractivity contribution in [3.63, 3.8) is 0 Å². The topological polar surface area (TPSA) is 73.8 Å². The molecule has 0 fully saturated rings. The number of hydrogen-bond donors (Lipinski definition) is 0. The minimum Gasteiger partial charge on any atom is -0.463 e. The van der Waals surface area contributed by atoms with Gasteiger partial charge in [-0.15, -0.1) is 5.10 Å². The van der Waals surface area contributed by atoms with Crippen LogP contribution >= 0.6 is 11.3 Å². The average Bonchev–Trinajstić information content (AvgIpc) is 3.09. The van der Waals surface area contributed by atoms with Gasteiger partial charge in [0.05, 0.1) is 12.0 Å². The van der Waals surface area contributed by atoms with Crippen molar-refractivity contribution in [3.05, 3.63) is 34.7 Å². The van der Waals surface area contributed by atoms with Crippen LogP contribution in [0.2, 0.25) is 0 Å². The van der Waals surface area contributed by atoms with Crippen LogP contribution in [0, 0.1) is 13.8 Å². The Balaban J connectivity index is 2.22. The zero-order chi connectivity index (χ0) is 13.4. The molecule has 0 radical (unpaired) electrons. The third kappa shape index (κ3) is 1.88. The number of rotatable bonds is 3. The molecule has 0 bridgehead atoms. The number of nitrogens with zero attached hydrogens (tertiary/aromatic N) is 4. The van der Waals surface area contributed by atoms with Crippen LogP contribution in [0.5, 0.6) is 0 Å². The van der Waals surface area contributed by atoms with E-state index in [9.17, 15) is 4.79 Å². The summed E-state index contributed by atoms with van der Waals surface area (Å²) in [5, 5.41) is 8.52. The van der Waals surface area contributed by atoms with Crippen LogP contribution < -0.4 is 0 Å². The summed E-state index contributed by atoms with van der Waals surface area (Å²) in [6, 6.07) is 3.51. The van der Waals surface area contributed by atoms with Gasteiger partial charge in [0.15, 0.2) is 17.7 Å². The zero-order valence-corrected chi connectivity index (χ0v) is 11.1. The molecule has 0 aromatic carbocycles. The lowest BCUT2D eigenvalue weighted by Gasteiger charge is -1.99. The van der Waals surface area contributed by atoms with E-state index in [1.165, 1.54) is 16.0 Å². The fraction of sp³-hybridized carbons (Fsp3) is 0.167. The van der Waals surface area contributed by atoms with Crippen molar-refractivity contribution in [3.8, 4) is 16.6 Å². The normalized spacial score (nSPS) is 10.8. The summed E-state index contributed by atoms with van der Waals surface area (Å²) in [4.78, 5) is 16.6. The molecule has 0 amide bonds. The van der Waals surface area contributed by atoms with Crippen LogP contribution in [0.1, 0.15) is 21.1 Å². The Morgan fingerprint density at radius 2 is 2.26 bits per heavy atom. The fourth-order valence-electron chi connectivity index (χ4n) is 1.70. The van der Waals surface area contributed by atoms with Crippen LogP contribution in [0.15, 0.2) is 22.8 Å². The van der Waals surface area contributed by atoms with Gasteiger partial charge in [-0.2, -0.15) is 4.68 Å². The first-order chi connectivity index (χ1) is 9.20. The maximum absolute atomic E-state index is 11.1. The van der Waals surface area contributed by atoms with E-state index in [4.69, 9.17) is 4.42 Å². The smallest absolute Gasteiger partial charge is 0.212 e. The number of furan rings is 1. The van der Waals surface area contributed by atoms with Crippen LogP contribution in [0.3, 0.4) is 0 Å². The molecule has 0 saturated heterocycles. The minimum absolute atomic E-state index is 0.237. The van der Waals surface area contributed by atoms with Gasteiger partial charge in [-0.1, -0.05) is 16.6 Å². The molecule has 3 rings (SSSR count). The number of thiazole rings is 1. The molecule has 3 heterocycles. The summed E-state index contributed by atoms with van der Waals surface area (Å²) < 4.78 is 6.87. The van der Waals surface area contributed by atoms with Crippen LogP contribution in [0.25, 0.3) is 16.6 Å². The van der Waals surface area contributed by atoms with Crippen LogP contribution in [-0.4, -0.2) is 26.3 Å². The summed E-state index contributed by atoms with van der Waals surface area (Å²) >= 11 is 1.49. The highest BCUT2D eigenvalue weighted by atomic mass is 32.1. The first-order valence-electron chi connectivity index (χ1n) is 5.60. The molecular weight excluding hydrogens is 264 g/mol. The first kappa shape index (κ1) is 11.8. The predicted octanol–water partition coefficient (Wildman–Crippen LogP) is 2.41. The van der Waals surface area contributed by atoms with Gasteiger partial charge in [0.1, 0.15) is 5.69 Å². The van der Waals surface area contributed by atoms with E-state index in [1.54, 1.807) is 18.4 Å². The Kier molecular flexibility index (Phi) is 2.75. The van der Waals surface area contributed by atoms with E-state index in [0.717, 1.165) is 10.6 Å². The number of aromatic nitrogens is 4. The molecule has 0 aliphatic rings. The van der Waals surface area contributed by atoms with Crippen molar-refractivity contribution < 1.29 is 9.21 Å². The second kappa shape index (κ2) is 4.43. The maximum atomic E-state index is 11.1. The van der Waals surface area contributed by atoms with Crippen LogP contribution in [0.4, 0.5) is 0 Å². The summed E-state index contributed by atoms with van der Waals surface area (Å²) in [7, 11) is 0. The standard InChI is InChI=1S/C12H10N4O2S/c1-7-8(2)19-12(13-7)16-11(9(6-17)14-15-16)10-4-3-5-18-10/h3-6H,1-2H3. The summed E-state index contributed by atoms with van der Waals surface area (Å²) in [5.41, 5.74) is 1.70. The highest BCUT2D eigenvalue weighted by molar-refractivity contribution is 7.14. The lowest BCUT2D eigenvalue weighted by Crippen LogP contribution is -1.99. The van der Waals surface area contributed by atoms with Gasteiger partial charge in [0, 0.05) is 4.88 Å². The molecule has 19 heavy (non-hydrogen) atoms. The third-order valence-electron chi connectivity index (χ3n) is 2.76. The highest BCUT2D eigenvalue weighted by Gasteiger charge is 2.20. The van der Waals surface area contributed by atoms with Crippen molar-refractivity contribution in [2.75, 3.05) is 0 Å². The Labute approximate surface area is 112 Å². The molecule has 0 atom stereocenters. The molecule has 0 aliphatic heterocycles. The lowest BCUT2D eigenvalue weighted by molar-refractivity contribution is 0.111. The molecular formula is C12H10N4O2S. The van der Waals surface area contributed by atoms with E-state index >= 15 is 0 Å². The van der Waals surface area contributed by atoms with E-state index in [0.29, 0.717) is 22.9 Å². The van der Waals surface area contributed by atoms with Gasteiger partial charge in [0.25, 0.3) is 0 Å². The van der Waals surface area contributed by atoms with Crippen molar-refractivity contribution in [2.24, 2.45) is 0 Å². The molecule has 96 valence electrons. The monoisotopic (exact) mass is 274 g/mol. The Morgan fingerprint density at radius 1 is 1.42 bits per heavy atom. The Bertz CT molecular complexity index is 708. The van der Waals surface area contributed by atoms with E-state index in [1.807, 2.05) is 13.8 Å². The van der Waals surface area contributed by atoms with Crippen molar-refractivity contribution in [2.45, 2.75) is 13.8 Å². The van der Waals surface area contributed by atoms with Crippen LogP contribution in [-0.2, 0) is 0 Å². The van der Waals surface area contributed by atoms with E-state index in [2.05, 4.69) is 15.3 Å². The SMILES string of the molecule is Cc1nc(-n2nnc(C=O)c2-c2ccco2)sc1C. The lowest BCUT2D eigenvalue weighted by atomic mass is 10.3.